The van der Waals surface area contributed by atoms with Gasteiger partial charge in [-0.3, -0.25) is 9.97 Å². The smallest absolute Gasteiger partial charge is 0.0744 e. The molecule has 0 fully saturated rings. The number of hydrogen-bond acceptors (Lipinski definition) is 2. The topological polar surface area (TPSA) is 35.6 Å². The van der Waals surface area contributed by atoms with E-state index in [4.69, 9.17) is 9.97 Å². The van der Waals surface area contributed by atoms with Crippen molar-refractivity contribution < 1.29 is 0 Å². The minimum Gasteiger partial charge on any atom is -0.313 e. The van der Waals surface area contributed by atoms with E-state index in [0.29, 0.717) is 0 Å². The molecule has 4 aromatic heterocycles. The van der Waals surface area contributed by atoms with Crippen LogP contribution in [0.15, 0.2) is 177 Å². The van der Waals surface area contributed by atoms with Crippen LogP contribution >= 0.6 is 0 Å². The molecule has 0 saturated carbocycles. The third-order valence-corrected chi connectivity index (χ3v) is 10.9. The molecule has 1 aliphatic carbocycles. The summed E-state index contributed by atoms with van der Waals surface area (Å²) in [7, 11) is 0. The number of fused-ring (bicyclic) bond motifs is 7. The lowest BCUT2D eigenvalue weighted by Gasteiger charge is -2.33. The van der Waals surface area contributed by atoms with Gasteiger partial charge < -0.3 is 9.13 Å². The second kappa shape index (κ2) is 11.6. The van der Waals surface area contributed by atoms with Crippen LogP contribution in [0.1, 0.15) is 33.5 Å². The molecular weight excluding hydrogens is 633 g/mol. The van der Waals surface area contributed by atoms with E-state index in [1.165, 1.54) is 66.2 Å². The number of benzene rings is 5. The summed E-state index contributed by atoms with van der Waals surface area (Å²) in [4.78, 5) is 9.44. The van der Waals surface area contributed by atoms with Crippen LogP contribution in [0.4, 0.5) is 0 Å². The first-order chi connectivity index (χ1) is 25.7. The highest BCUT2D eigenvalue weighted by molar-refractivity contribution is 6.09. The molecule has 0 saturated heterocycles. The van der Waals surface area contributed by atoms with Crippen LogP contribution in [0.5, 0.6) is 0 Å². The highest BCUT2D eigenvalue weighted by Crippen LogP contribution is 2.57. The summed E-state index contributed by atoms with van der Waals surface area (Å²) in [5.74, 6) is 0. The highest BCUT2D eigenvalue weighted by atomic mass is 15.0. The Bertz CT molecular complexity index is 2780. The molecule has 0 atom stereocenters. The van der Waals surface area contributed by atoms with Crippen LogP contribution in [0.25, 0.3) is 61.3 Å². The van der Waals surface area contributed by atoms with Crippen molar-refractivity contribution in [3.63, 3.8) is 0 Å². The lowest BCUT2D eigenvalue weighted by molar-refractivity contribution is 0.755. The molecular formula is C48H34N4. The van der Waals surface area contributed by atoms with Crippen LogP contribution in [0.2, 0.25) is 0 Å². The first-order valence-corrected chi connectivity index (χ1v) is 17.7. The predicted octanol–water partition coefficient (Wildman–Crippen LogP) is 11.4. The van der Waals surface area contributed by atoms with Gasteiger partial charge in [0.2, 0.25) is 0 Å². The zero-order valence-electron chi connectivity index (χ0n) is 28.7. The maximum atomic E-state index is 4.72. The van der Waals surface area contributed by atoms with E-state index >= 15 is 0 Å². The van der Waals surface area contributed by atoms with Gasteiger partial charge >= 0.3 is 0 Å². The molecule has 246 valence electrons. The van der Waals surface area contributed by atoms with Gasteiger partial charge in [0.1, 0.15) is 0 Å². The van der Waals surface area contributed by atoms with E-state index in [-0.39, 0.29) is 0 Å². The van der Waals surface area contributed by atoms with Gasteiger partial charge in [-0.15, -0.1) is 0 Å². The predicted molar refractivity (Wildman–Crippen MR) is 214 cm³/mol. The average Bonchev–Trinajstić information content (AvgIpc) is 3.80. The third-order valence-electron chi connectivity index (χ3n) is 10.9. The molecule has 0 bridgehead atoms. The molecule has 4 heteroatoms. The summed E-state index contributed by atoms with van der Waals surface area (Å²) in [5.41, 5.74) is 14.5. The van der Waals surface area contributed by atoms with Gasteiger partial charge in [-0.1, -0.05) is 104 Å². The van der Waals surface area contributed by atoms with E-state index in [1.54, 1.807) is 0 Å². The summed E-state index contributed by atoms with van der Waals surface area (Å²) in [6.07, 6.45) is 13.8. The summed E-state index contributed by atoms with van der Waals surface area (Å²) in [5, 5.41) is 3.70. The van der Waals surface area contributed by atoms with Gasteiger partial charge in [0.05, 0.1) is 22.0 Å². The fraction of sp³-hybridized carbons (Fsp3) is 0.0417. The average molecular weight is 667 g/mol. The standard InChI is InChI=1S/C48H34N4/c1-3-4-15-37-32(2)51(45-19-8-5-16-40(37)45)35-22-24-38-39-25-23-36(52-46-20-9-6-17-41(46)42-18-7-10-21-47(42)52)29-44(39)48(43(38)28-35,33-13-11-26-49-30-33)34-14-12-27-50-31-34/h3-31H,1H2,2H3/b15-4-. The molecule has 1 aliphatic rings. The van der Waals surface area contributed by atoms with Crippen LogP contribution < -0.4 is 0 Å². The van der Waals surface area contributed by atoms with Gasteiger partial charge in [-0.2, -0.15) is 0 Å². The molecule has 0 spiro atoms. The Hall–Kier alpha value is -6.78. The molecule has 5 aromatic carbocycles. The first-order valence-electron chi connectivity index (χ1n) is 17.7. The molecule has 4 heterocycles. The molecule has 0 unspecified atom stereocenters. The van der Waals surface area contributed by atoms with Gasteiger partial charge in [0, 0.05) is 63.6 Å². The number of para-hydroxylation sites is 3. The van der Waals surface area contributed by atoms with Crippen molar-refractivity contribution in [2.24, 2.45) is 0 Å². The molecule has 0 radical (unpaired) electrons. The van der Waals surface area contributed by atoms with Gasteiger partial charge in [0.15, 0.2) is 0 Å². The van der Waals surface area contributed by atoms with Crippen molar-refractivity contribution in [3.05, 3.63) is 210 Å². The quantitative estimate of drug-likeness (QED) is 0.166. The Morgan fingerprint density at radius 3 is 1.58 bits per heavy atom. The Balaban J connectivity index is 1.30. The first kappa shape index (κ1) is 30.1. The Morgan fingerprint density at radius 2 is 1.06 bits per heavy atom. The highest BCUT2D eigenvalue weighted by Gasteiger charge is 2.47. The summed E-state index contributed by atoms with van der Waals surface area (Å²) < 4.78 is 4.80. The van der Waals surface area contributed by atoms with Crippen LogP contribution in [0.3, 0.4) is 0 Å². The van der Waals surface area contributed by atoms with Crippen molar-refractivity contribution in [3.8, 4) is 22.5 Å². The fourth-order valence-electron chi connectivity index (χ4n) is 8.84. The molecule has 0 amide bonds. The lowest BCUT2D eigenvalue weighted by Crippen LogP contribution is -2.29. The number of aromatic nitrogens is 4. The second-order valence-electron chi connectivity index (χ2n) is 13.5. The van der Waals surface area contributed by atoms with Crippen molar-refractivity contribution >= 4 is 38.8 Å². The molecule has 0 aliphatic heterocycles. The van der Waals surface area contributed by atoms with E-state index in [0.717, 1.165) is 22.5 Å². The molecule has 4 nitrogen and oxygen atoms in total. The normalized spacial score (nSPS) is 13.2. The molecule has 10 rings (SSSR count). The minimum absolute atomic E-state index is 0.680. The van der Waals surface area contributed by atoms with Crippen molar-refractivity contribution in [2.75, 3.05) is 0 Å². The number of pyridine rings is 2. The number of rotatable bonds is 6. The number of hydrogen-bond donors (Lipinski definition) is 0. The van der Waals surface area contributed by atoms with Crippen LogP contribution in [0, 0.1) is 6.92 Å². The summed E-state index contributed by atoms with van der Waals surface area (Å²) in [6, 6.07) is 48.6. The monoisotopic (exact) mass is 666 g/mol. The third kappa shape index (κ3) is 4.15. The molecule has 0 N–H and O–H groups in total. The van der Waals surface area contributed by atoms with E-state index < -0.39 is 5.41 Å². The van der Waals surface area contributed by atoms with Gasteiger partial charge in [-0.05, 0) is 94.9 Å². The van der Waals surface area contributed by atoms with E-state index in [9.17, 15) is 0 Å². The van der Waals surface area contributed by atoms with Crippen molar-refractivity contribution in [2.45, 2.75) is 12.3 Å². The second-order valence-corrected chi connectivity index (χ2v) is 13.5. The molecule has 9 aromatic rings. The minimum atomic E-state index is -0.680. The Labute approximate surface area is 302 Å². The van der Waals surface area contributed by atoms with Crippen LogP contribution in [-0.4, -0.2) is 19.1 Å². The van der Waals surface area contributed by atoms with E-state index in [2.05, 4.69) is 150 Å². The maximum Gasteiger partial charge on any atom is 0.0744 e. The summed E-state index contributed by atoms with van der Waals surface area (Å²) in [6.45, 7) is 6.14. The number of allylic oxidation sites excluding steroid dienone is 2. The van der Waals surface area contributed by atoms with Crippen molar-refractivity contribution in [1.29, 1.82) is 0 Å². The van der Waals surface area contributed by atoms with Gasteiger partial charge in [-0.25, -0.2) is 0 Å². The zero-order chi connectivity index (χ0) is 34.8. The number of nitrogens with zero attached hydrogens (tertiary/aromatic N) is 4. The summed E-state index contributed by atoms with van der Waals surface area (Å²) >= 11 is 0. The van der Waals surface area contributed by atoms with Gasteiger partial charge in [0.25, 0.3) is 0 Å². The van der Waals surface area contributed by atoms with Crippen molar-refractivity contribution in [1.82, 2.24) is 19.1 Å². The fourth-order valence-corrected chi connectivity index (χ4v) is 8.84. The Morgan fingerprint density at radius 1 is 0.558 bits per heavy atom. The largest absolute Gasteiger partial charge is 0.313 e. The van der Waals surface area contributed by atoms with E-state index in [1.807, 2.05) is 49.1 Å². The maximum absolute atomic E-state index is 4.72. The molecule has 52 heavy (non-hydrogen) atoms. The Kier molecular flexibility index (Phi) is 6.74. The SMILES string of the molecule is C=C/C=C\c1c(C)n(-c2ccc3c(c2)C(c2cccnc2)(c2cccnc2)c2cc(-n4c5ccccc5c5ccccc54)ccc2-3)c2ccccc12. The van der Waals surface area contributed by atoms with Crippen LogP contribution in [-0.2, 0) is 5.41 Å². The zero-order valence-corrected chi connectivity index (χ0v) is 28.7. The lowest BCUT2D eigenvalue weighted by atomic mass is 9.68.